The standard InChI is InChI=1S/C20H26ClN3O3S/c1-4-19(24(28(3,26)27)18-12-8-9-16(21)15-18)20(25)22-13-14-23(2)17-10-6-5-7-11-17/h5-12,15,19H,4,13-14H2,1-3H3,(H,22,25)/t19-/m1/s1. The lowest BCUT2D eigenvalue weighted by Gasteiger charge is -2.30. The Hall–Kier alpha value is -2.25. The van der Waals surface area contributed by atoms with Crippen LogP contribution in [0.25, 0.3) is 0 Å². The zero-order chi connectivity index (χ0) is 20.7. The van der Waals surface area contributed by atoms with E-state index in [2.05, 4.69) is 5.32 Å². The van der Waals surface area contributed by atoms with Crippen LogP contribution in [0, 0.1) is 0 Å². The molecule has 0 heterocycles. The van der Waals surface area contributed by atoms with Crippen LogP contribution in [0.15, 0.2) is 54.6 Å². The lowest BCUT2D eigenvalue weighted by Crippen LogP contribution is -2.50. The zero-order valence-electron chi connectivity index (χ0n) is 16.3. The van der Waals surface area contributed by atoms with Crippen molar-refractivity contribution in [3.05, 3.63) is 59.6 Å². The molecule has 28 heavy (non-hydrogen) atoms. The summed E-state index contributed by atoms with van der Waals surface area (Å²) in [5.74, 6) is -0.339. The quantitative estimate of drug-likeness (QED) is 0.672. The lowest BCUT2D eigenvalue weighted by molar-refractivity contribution is -0.122. The van der Waals surface area contributed by atoms with Crippen molar-refractivity contribution >= 4 is 38.9 Å². The Labute approximate surface area is 172 Å². The number of para-hydroxylation sites is 1. The second-order valence-corrected chi connectivity index (χ2v) is 8.81. The van der Waals surface area contributed by atoms with Crippen LogP contribution in [0.2, 0.25) is 5.02 Å². The highest BCUT2D eigenvalue weighted by atomic mass is 35.5. The van der Waals surface area contributed by atoms with Crippen molar-refractivity contribution in [2.45, 2.75) is 19.4 Å². The first-order valence-electron chi connectivity index (χ1n) is 9.03. The molecule has 0 aliphatic rings. The number of rotatable bonds is 9. The number of sulfonamides is 1. The monoisotopic (exact) mass is 423 g/mol. The molecule has 1 atom stereocenters. The third-order valence-corrected chi connectivity index (χ3v) is 5.75. The average molecular weight is 424 g/mol. The van der Waals surface area contributed by atoms with Crippen molar-refractivity contribution in [1.29, 1.82) is 0 Å². The number of amides is 1. The molecule has 1 amide bonds. The minimum Gasteiger partial charge on any atom is -0.373 e. The normalized spacial score (nSPS) is 12.3. The molecule has 0 spiro atoms. The van der Waals surface area contributed by atoms with Crippen LogP contribution in [-0.4, -0.2) is 46.8 Å². The van der Waals surface area contributed by atoms with E-state index in [0.717, 1.165) is 16.2 Å². The van der Waals surface area contributed by atoms with E-state index >= 15 is 0 Å². The molecular weight excluding hydrogens is 398 g/mol. The van der Waals surface area contributed by atoms with Gasteiger partial charge < -0.3 is 10.2 Å². The molecule has 0 aromatic heterocycles. The Morgan fingerprint density at radius 1 is 1.11 bits per heavy atom. The van der Waals surface area contributed by atoms with Gasteiger partial charge in [-0.25, -0.2) is 8.42 Å². The Kier molecular flexibility index (Phi) is 7.71. The number of carbonyl (C=O) groups is 1. The highest BCUT2D eigenvalue weighted by Crippen LogP contribution is 2.25. The molecule has 0 aliphatic heterocycles. The van der Waals surface area contributed by atoms with Gasteiger partial charge in [0.15, 0.2) is 0 Å². The first kappa shape index (κ1) is 22.0. The van der Waals surface area contributed by atoms with E-state index in [-0.39, 0.29) is 5.91 Å². The summed E-state index contributed by atoms with van der Waals surface area (Å²) in [6.45, 7) is 2.78. The van der Waals surface area contributed by atoms with Crippen LogP contribution >= 0.6 is 11.6 Å². The van der Waals surface area contributed by atoms with Crippen LogP contribution in [0.1, 0.15) is 13.3 Å². The lowest BCUT2D eigenvalue weighted by atomic mass is 10.2. The minimum absolute atomic E-state index is 0.333. The van der Waals surface area contributed by atoms with Crippen LogP contribution in [0.5, 0.6) is 0 Å². The molecule has 8 heteroatoms. The molecule has 1 N–H and O–H groups in total. The maximum absolute atomic E-state index is 12.8. The molecule has 0 bridgehead atoms. The summed E-state index contributed by atoms with van der Waals surface area (Å²) in [7, 11) is -1.73. The van der Waals surface area contributed by atoms with Crippen molar-refractivity contribution < 1.29 is 13.2 Å². The van der Waals surface area contributed by atoms with Crippen molar-refractivity contribution in [2.24, 2.45) is 0 Å². The first-order chi connectivity index (χ1) is 13.2. The summed E-state index contributed by atoms with van der Waals surface area (Å²) in [5.41, 5.74) is 1.42. The fraction of sp³-hybridized carbons (Fsp3) is 0.350. The van der Waals surface area contributed by atoms with Gasteiger partial charge in [0.25, 0.3) is 0 Å². The minimum atomic E-state index is -3.67. The zero-order valence-corrected chi connectivity index (χ0v) is 17.9. The summed E-state index contributed by atoms with van der Waals surface area (Å²) in [6.07, 6.45) is 1.42. The average Bonchev–Trinajstić information content (AvgIpc) is 2.65. The van der Waals surface area contributed by atoms with E-state index in [1.54, 1.807) is 31.2 Å². The summed E-state index contributed by atoms with van der Waals surface area (Å²) < 4.78 is 26.0. The molecule has 0 saturated heterocycles. The largest absolute Gasteiger partial charge is 0.373 e. The van der Waals surface area contributed by atoms with Crippen LogP contribution < -0.4 is 14.5 Å². The van der Waals surface area contributed by atoms with Gasteiger partial charge in [0.1, 0.15) is 6.04 Å². The molecule has 152 valence electrons. The molecule has 0 fully saturated rings. The molecule has 0 aliphatic carbocycles. The molecule has 0 unspecified atom stereocenters. The van der Waals surface area contributed by atoms with Gasteiger partial charge in [0.2, 0.25) is 15.9 Å². The van der Waals surface area contributed by atoms with Crippen molar-refractivity contribution in [3.8, 4) is 0 Å². The number of carbonyl (C=O) groups excluding carboxylic acids is 1. The highest BCUT2D eigenvalue weighted by Gasteiger charge is 2.31. The van der Waals surface area contributed by atoms with Gasteiger partial charge in [-0.3, -0.25) is 9.10 Å². The van der Waals surface area contributed by atoms with Gasteiger partial charge >= 0.3 is 0 Å². The van der Waals surface area contributed by atoms with Crippen molar-refractivity contribution in [3.63, 3.8) is 0 Å². The number of halogens is 1. The Morgan fingerprint density at radius 2 is 1.75 bits per heavy atom. The van der Waals surface area contributed by atoms with E-state index in [1.165, 1.54) is 0 Å². The van der Waals surface area contributed by atoms with E-state index in [1.807, 2.05) is 42.3 Å². The van der Waals surface area contributed by atoms with E-state index in [9.17, 15) is 13.2 Å². The molecule has 0 radical (unpaired) electrons. The number of anilines is 2. The summed E-state index contributed by atoms with van der Waals surface area (Å²) in [6, 6.07) is 15.5. The molecule has 2 aromatic carbocycles. The van der Waals surface area contributed by atoms with Gasteiger partial charge in [-0.05, 0) is 36.8 Å². The third kappa shape index (κ3) is 5.87. The Balaban J connectivity index is 2.09. The summed E-state index contributed by atoms with van der Waals surface area (Å²) >= 11 is 6.02. The topological polar surface area (TPSA) is 69.7 Å². The Morgan fingerprint density at radius 3 is 2.32 bits per heavy atom. The van der Waals surface area contributed by atoms with Crippen molar-refractivity contribution in [1.82, 2.24) is 5.32 Å². The second-order valence-electron chi connectivity index (χ2n) is 6.51. The number of likely N-dealkylation sites (N-methyl/N-ethyl adjacent to an activating group) is 1. The maximum atomic E-state index is 12.8. The van der Waals surface area contributed by atoms with E-state index in [0.29, 0.717) is 30.2 Å². The predicted molar refractivity (Wildman–Crippen MR) is 116 cm³/mol. The van der Waals surface area contributed by atoms with E-state index in [4.69, 9.17) is 11.6 Å². The van der Waals surface area contributed by atoms with E-state index < -0.39 is 16.1 Å². The van der Waals surface area contributed by atoms with Crippen LogP contribution in [0.4, 0.5) is 11.4 Å². The smallest absolute Gasteiger partial charge is 0.243 e. The fourth-order valence-corrected chi connectivity index (χ4v) is 4.34. The van der Waals surface area contributed by atoms with Gasteiger partial charge in [-0.15, -0.1) is 0 Å². The van der Waals surface area contributed by atoms with Crippen molar-refractivity contribution in [2.75, 3.05) is 35.6 Å². The molecule has 6 nitrogen and oxygen atoms in total. The first-order valence-corrected chi connectivity index (χ1v) is 11.3. The molecule has 2 rings (SSSR count). The fourth-order valence-electron chi connectivity index (χ4n) is 2.95. The maximum Gasteiger partial charge on any atom is 0.243 e. The number of nitrogens with zero attached hydrogens (tertiary/aromatic N) is 2. The van der Waals surface area contributed by atoms with Gasteiger partial charge in [0, 0.05) is 30.8 Å². The van der Waals surface area contributed by atoms with Crippen LogP contribution in [0.3, 0.4) is 0 Å². The number of nitrogens with one attached hydrogen (secondary N) is 1. The summed E-state index contributed by atoms with van der Waals surface area (Å²) in [4.78, 5) is 14.8. The molecule has 2 aromatic rings. The van der Waals surface area contributed by atoms with Gasteiger partial charge in [-0.1, -0.05) is 42.8 Å². The Bertz CT molecular complexity index is 891. The predicted octanol–water partition coefficient (Wildman–Crippen LogP) is 3.14. The van der Waals surface area contributed by atoms with Gasteiger partial charge in [-0.2, -0.15) is 0 Å². The number of hydrogen-bond acceptors (Lipinski definition) is 4. The second kappa shape index (κ2) is 9.80. The van der Waals surface area contributed by atoms with Gasteiger partial charge in [0.05, 0.1) is 11.9 Å². The van der Waals surface area contributed by atoms with Crippen LogP contribution in [-0.2, 0) is 14.8 Å². The highest BCUT2D eigenvalue weighted by molar-refractivity contribution is 7.92. The molecular formula is C20H26ClN3O3S. The number of benzene rings is 2. The third-order valence-electron chi connectivity index (χ3n) is 4.34. The summed E-state index contributed by atoms with van der Waals surface area (Å²) in [5, 5.41) is 3.26. The molecule has 0 saturated carbocycles. The SMILES string of the molecule is CC[C@H](C(=O)NCCN(C)c1ccccc1)N(c1cccc(Cl)c1)S(C)(=O)=O. The number of hydrogen-bond donors (Lipinski definition) is 1.